The van der Waals surface area contributed by atoms with Gasteiger partial charge in [0.25, 0.3) is 0 Å². The summed E-state index contributed by atoms with van der Waals surface area (Å²) < 4.78 is 10.8. The van der Waals surface area contributed by atoms with E-state index in [2.05, 4.69) is 6.58 Å². The van der Waals surface area contributed by atoms with Gasteiger partial charge < -0.3 is 24.6 Å². The van der Waals surface area contributed by atoms with E-state index in [4.69, 9.17) is 32.7 Å². The van der Waals surface area contributed by atoms with Gasteiger partial charge in [-0.25, -0.2) is 4.79 Å². The number of ether oxygens (including phenoxy) is 2. The molecule has 8 heteroatoms. The Morgan fingerprint density at radius 2 is 1.84 bits per heavy atom. The third-order valence-electron chi connectivity index (χ3n) is 5.06. The van der Waals surface area contributed by atoms with Crippen molar-refractivity contribution in [1.29, 1.82) is 0 Å². The summed E-state index contributed by atoms with van der Waals surface area (Å²) in [4.78, 5) is 14.7. The van der Waals surface area contributed by atoms with E-state index in [0.29, 0.717) is 58.2 Å². The van der Waals surface area contributed by atoms with E-state index in [1.807, 2.05) is 4.90 Å². The molecule has 0 aliphatic rings. The van der Waals surface area contributed by atoms with Gasteiger partial charge in [0.1, 0.15) is 23.5 Å². The molecule has 0 unspecified atom stereocenters. The van der Waals surface area contributed by atoms with Gasteiger partial charge >= 0.3 is 5.97 Å². The van der Waals surface area contributed by atoms with Crippen LogP contribution >= 0.6 is 23.2 Å². The number of methoxy groups -OCH3 is 1. The molecule has 168 valence electrons. The highest BCUT2D eigenvalue weighted by molar-refractivity contribution is 6.18. The summed E-state index contributed by atoms with van der Waals surface area (Å²) in [6, 6.07) is 4.95. The monoisotopic (exact) mass is 467 g/mol. The molecule has 6 nitrogen and oxygen atoms in total. The number of carbonyl (C=O) groups is 1. The van der Waals surface area contributed by atoms with Gasteiger partial charge in [-0.05, 0) is 38.5 Å². The van der Waals surface area contributed by atoms with E-state index in [1.54, 1.807) is 39.2 Å². The number of halogens is 2. The number of nitrogens with zero attached hydrogens (tertiary/aromatic N) is 1. The average Bonchev–Trinajstić information content (AvgIpc) is 2.78. The number of alkyl halides is 2. The van der Waals surface area contributed by atoms with Crippen molar-refractivity contribution >= 4 is 47.7 Å². The van der Waals surface area contributed by atoms with Gasteiger partial charge in [-0.15, -0.1) is 23.2 Å². The van der Waals surface area contributed by atoms with Crippen LogP contribution in [0.3, 0.4) is 0 Å². The van der Waals surface area contributed by atoms with Crippen molar-refractivity contribution in [3.63, 3.8) is 0 Å². The summed E-state index contributed by atoms with van der Waals surface area (Å²) in [6.07, 6.45) is 1.88. The fraction of sp³-hybridized carbons (Fsp3) is 0.348. The van der Waals surface area contributed by atoms with E-state index < -0.39 is 5.97 Å². The molecule has 0 aromatic heterocycles. The number of hydrogen-bond acceptors (Lipinski definition) is 6. The average molecular weight is 468 g/mol. The number of aromatic hydroxyl groups is 2. The number of carbonyl (C=O) groups excluding carboxylic acids is 1. The summed E-state index contributed by atoms with van der Waals surface area (Å²) in [5.41, 5.74) is 1.78. The Labute approximate surface area is 191 Å². The van der Waals surface area contributed by atoms with Gasteiger partial charge in [-0.3, -0.25) is 0 Å². The van der Waals surface area contributed by atoms with Gasteiger partial charge in [-0.1, -0.05) is 6.58 Å². The maximum absolute atomic E-state index is 12.7. The molecule has 0 heterocycles. The van der Waals surface area contributed by atoms with Crippen LogP contribution in [0.5, 0.6) is 17.2 Å². The highest BCUT2D eigenvalue weighted by Gasteiger charge is 2.17. The SMILES string of the molecule is C=c1c(C)c(O)c(=COC(=O)c2ccc(OC)c(N(CCCl)CCCCl)c2)c(C)c1O. The molecule has 0 atom stereocenters. The standard InChI is InChI=1S/C23H27Cl2NO5/c1-14-15(2)22(28)18(16(3)21(14)27)13-31-23(29)17-6-7-20(30-4)19(12-17)26(11-9-25)10-5-8-24/h6-7,12-13,27-28H,1,5,8-11H2,2-4H3. The summed E-state index contributed by atoms with van der Waals surface area (Å²) in [7, 11) is 1.55. The summed E-state index contributed by atoms with van der Waals surface area (Å²) in [5.74, 6) is 0.719. The molecule has 2 aromatic carbocycles. The minimum atomic E-state index is -0.623. The summed E-state index contributed by atoms with van der Waals surface area (Å²) in [5, 5.41) is 21.1. The second-order valence-corrected chi connectivity index (χ2v) is 7.72. The molecule has 31 heavy (non-hydrogen) atoms. The van der Waals surface area contributed by atoms with Crippen LogP contribution in [0.1, 0.15) is 27.9 Å². The highest BCUT2D eigenvalue weighted by Crippen LogP contribution is 2.30. The number of rotatable bonds is 9. The second-order valence-electron chi connectivity index (χ2n) is 6.97. The zero-order chi connectivity index (χ0) is 23.1. The van der Waals surface area contributed by atoms with Gasteiger partial charge in [0.15, 0.2) is 0 Å². The fourth-order valence-corrected chi connectivity index (χ4v) is 3.47. The second kappa shape index (κ2) is 11.2. The predicted octanol–water partition coefficient (Wildman–Crippen LogP) is 3.40. The lowest BCUT2D eigenvalue weighted by Gasteiger charge is -2.26. The van der Waals surface area contributed by atoms with Crippen molar-refractivity contribution in [2.45, 2.75) is 20.3 Å². The molecule has 0 aliphatic carbocycles. The van der Waals surface area contributed by atoms with Gasteiger partial charge in [-0.2, -0.15) is 0 Å². The minimum absolute atomic E-state index is 0.0552. The zero-order valence-corrected chi connectivity index (χ0v) is 19.4. The van der Waals surface area contributed by atoms with Crippen LogP contribution in [0.15, 0.2) is 18.2 Å². The summed E-state index contributed by atoms with van der Waals surface area (Å²) >= 11 is 11.8. The topological polar surface area (TPSA) is 79.2 Å². The molecular weight excluding hydrogens is 441 g/mol. The third kappa shape index (κ3) is 5.57. The lowest BCUT2D eigenvalue weighted by Crippen LogP contribution is -2.27. The van der Waals surface area contributed by atoms with E-state index >= 15 is 0 Å². The Bertz CT molecular complexity index is 1020. The van der Waals surface area contributed by atoms with Crippen molar-refractivity contribution in [3.05, 3.63) is 45.3 Å². The third-order valence-corrected chi connectivity index (χ3v) is 5.50. The van der Waals surface area contributed by atoms with Crippen molar-refractivity contribution in [3.8, 4) is 17.2 Å². The van der Waals surface area contributed by atoms with Crippen LogP contribution in [0.4, 0.5) is 5.69 Å². The first-order valence-electron chi connectivity index (χ1n) is 9.72. The Morgan fingerprint density at radius 3 is 2.45 bits per heavy atom. The zero-order valence-electron chi connectivity index (χ0n) is 17.9. The maximum atomic E-state index is 12.7. The number of anilines is 1. The number of esters is 1. The molecule has 2 aromatic rings. The van der Waals surface area contributed by atoms with E-state index in [1.165, 1.54) is 0 Å². The molecular formula is C23H27Cl2NO5. The molecule has 2 N–H and O–H groups in total. The van der Waals surface area contributed by atoms with Crippen molar-refractivity contribution in [2.75, 3.05) is 36.9 Å². The Hall–Kier alpha value is -2.57. The largest absolute Gasteiger partial charge is 0.507 e. The Kier molecular flexibility index (Phi) is 8.89. The highest BCUT2D eigenvalue weighted by atomic mass is 35.5. The molecule has 2 rings (SSSR count). The van der Waals surface area contributed by atoms with Gasteiger partial charge in [0.2, 0.25) is 0 Å². The smallest absolute Gasteiger partial charge is 0.343 e. The lowest BCUT2D eigenvalue weighted by molar-refractivity contribution is 0.0705. The first-order chi connectivity index (χ1) is 14.8. The van der Waals surface area contributed by atoms with E-state index in [0.717, 1.165) is 12.7 Å². The molecule has 0 fully saturated rings. The van der Waals surface area contributed by atoms with Crippen molar-refractivity contribution in [2.24, 2.45) is 0 Å². The van der Waals surface area contributed by atoms with Crippen LogP contribution in [0.2, 0.25) is 0 Å². The fourth-order valence-electron chi connectivity index (χ4n) is 3.15. The minimum Gasteiger partial charge on any atom is -0.507 e. The molecule has 0 spiro atoms. The van der Waals surface area contributed by atoms with Gasteiger partial charge in [0.05, 0.1) is 23.6 Å². The summed E-state index contributed by atoms with van der Waals surface area (Å²) in [6.45, 7) is 8.18. The Balaban J connectivity index is 2.41. The number of hydrogen-bond donors (Lipinski definition) is 2. The first kappa shape index (κ1) is 24.7. The van der Waals surface area contributed by atoms with Crippen molar-refractivity contribution in [1.82, 2.24) is 0 Å². The van der Waals surface area contributed by atoms with Crippen LogP contribution in [-0.4, -0.2) is 48.1 Å². The maximum Gasteiger partial charge on any atom is 0.343 e. The van der Waals surface area contributed by atoms with Crippen LogP contribution in [-0.2, 0) is 4.74 Å². The van der Waals surface area contributed by atoms with Gasteiger partial charge in [0, 0.05) is 41.2 Å². The van der Waals surface area contributed by atoms with Crippen LogP contribution < -0.4 is 20.1 Å². The molecule has 0 saturated carbocycles. The quantitative estimate of drug-likeness (QED) is 0.334. The molecule has 0 bridgehead atoms. The van der Waals surface area contributed by atoms with Crippen LogP contribution in [0, 0.1) is 13.8 Å². The molecule has 0 radical (unpaired) electrons. The number of benzene rings is 2. The first-order valence-corrected chi connectivity index (χ1v) is 10.8. The molecule has 0 saturated heterocycles. The number of phenolic OH excluding ortho intramolecular Hbond substituents is 2. The normalized spacial score (nSPS) is 11.5. The Morgan fingerprint density at radius 1 is 1.13 bits per heavy atom. The number of phenols is 2. The predicted molar refractivity (Wildman–Crippen MR) is 125 cm³/mol. The lowest BCUT2D eigenvalue weighted by atomic mass is 10.1. The molecule has 0 amide bonds. The van der Waals surface area contributed by atoms with Crippen LogP contribution in [0.25, 0.3) is 12.8 Å². The molecule has 0 aliphatic heterocycles. The van der Waals surface area contributed by atoms with E-state index in [9.17, 15) is 15.0 Å². The van der Waals surface area contributed by atoms with Crippen molar-refractivity contribution < 1.29 is 24.5 Å². The van der Waals surface area contributed by atoms with E-state index in [-0.39, 0.29) is 16.7 Å².